The van der Waals surface area contributed by atoms with Gasteiger partial charge >= 0.3 is 0 Å². The van der Waals surface area contributed by atoms with Crippen LogP contribution in [-0.4, -0.2) is 84.5 Å². The van der Waals surface area contributed by atoms with Gasteiger partial charge in [0.2, 0.25) is 17.2 Å². The van der Waals surface area contributed by atoms with E-state index in [-0.39, 0.29) is 23.0 Å². The SMILES string of the molecule is CC1=NN(c2ccc(S(=O)(=O)O)cc2)C(=O)C1N=Nc1cc(Nc2nc(Cl)nc(Nc3cc(S(=O)(=O)O)ccc3S(=O)(=O)O)n2)ccc1S(=O)(=O)O. The van der Waals surface area contributed by atoms with Crippen molar-refractivity contribution in [3.63, 3.8) is 0 Å². The molecule has 0 saturated heterocycles. The molecule has 1 aromatic heterocycles. The largest absolute Gasteiger partial charge is 0.324 e. The van der Waals surface area contributed by atoms with E-state index in [2.05, 4.69) is 40.9 Å². The quantitative estimate of drug-likeness (QED) is 0.0935. The van der Waals surface area contributed by atoms with E-state index in [1.165, 1.54) is 19.1 Å². The summed E-state index contributed by atoms with van der Waals surface area (Å²) in [7, 11) is -19.2. The predicted octanol–water partition coefficient (Wildman–Crippen LogP) is 2.87. The molecule has 2 heterocycles. The highest BCUT2D eigenvalue weighted by Gasteiger charge is 2.35. The lowest BCUT2D eigenvalue weighted by Crippen LogP contribution is -2.29. The molecule has 0 bridgehead atoms. The van der Waals surface area contributed by atoms with E-state index in [1.54, 1.807) is 0 Å². The third kappa shape index (κ3) is 8.69. The summed E-state index contributed by atoms with van der Waals surface area (Å²) in [6.45, 7) is 1.41. The highest BCUT2D eigenvalue weighted by molar-refractivity contribution is 7.86. The van der Waals surface area contributed by atoms with E-state index in [0.717, 1.165) is 35.3 Å². The van der Waals surface area contributed by atoms with Crippen LogP contribution in [0.5, 0.6) is 0 Å². The fraction of sp³-hybridized carbons (Fsp3) is 0.0800. The normalized spacial score (nSPS) is 15.6. The van der Waals surface area contributed by atoms with Crippen molar-refractivity contribution < 1.29 is 56.7 Å². The number of carbonyl (C=O) groups excluding carboxylic acids is 1. The Kier molecular flexibility index (Phi) is 10.1. The second kappa shape index (κ2) is 13.8. The standard InChI is InChI=1S/C25H20ClN9O13S4/c1-12-21(22(36)35(34-12)14-3-5-15(6-4-14)49(37,38)39)33-32-18-10-13(2-8-20(18)52(46,47)48)27-24-29-23(26)30-25(31-24)28-17-11-16(50(40,41)42)7-9-19(17)51(43,44)45/h2-11,21H,1H3,(H,37,38,39)(H,40,41,42)(H,43,44,45)(H,46,47,48)(H2,27,28,29,30,31). The van der Waals surface area contributed by atoms with Crippen molar-refractivity contribution in [2.45, 2.75) is 32.5 Å². The van der Waals surface area contributed by atoms with Gasteiger partial charge in [0.05, 0.1) is 26.9 Å². The molecule has 0 radical (unpaired) electrons. The fourth-order valence-corrected chi connectivity index (χ4v) is 6.73. The lowest BCUT2D eigenvalue weighted by atomic mass is 10.2. The van der Waals surface area contributed by atoms with E-state index in [1.807, 2.05) is 0 Å². The monoisotopic (exact) mass is 817 g/mol. The minimum Gasteiger partial charge on any atom is -0.324 e. The fourth-order valence-electron chi connectivity index (χ4n) is 4.35. The number of hydrogen-bond donors (Lipinski definition) is 6. The smallest absolute Gasteiger partial charge is 0.296 e. The molecule has 5 rings (SSSR count). The number of anilines is 5. The number of benzene rings is 3. The van der Waals surface area contributed by atoms with Crippen molar-refractivity contribution in [2.24, 2.45) is 15.3 Å². The minimum atomic E-state index is -4.96. The second-order valence-corrected chi connectivity index (χ2v) is 16.2. The van der Waals surface area contributed by atoms with Crippen LogP contribution in [-0.2, 0) is 45.3 Å². The predicted molar refractivity (Wildman–Crippen MR) is 179 cm³/mol. The Morgan fingerprint density at radius 1 is 0.712 bits per heavy atom. The van der Waals surface area contributed by atoms with E-state index >= 15 is 0 Å². The Morgan fingerprint density at radius 3 is 1.85 bits per heavy atom. The van der Waals surface area contributed by atoms with E-state index in [9.17, 15) is 56.7 Å². The summed E-state index contributed by atoms with van der Waals surface area (Å²) in [5.41, 5.74) is -0.924. The summed E-state index contributed by atoms with van der Waals surface area (Å²) in [5.74, 6) is -1.67. The van der Waals surface area contributed by atoms with Crippen LogP contribution in [0.2, 0.25) is 5.28 Å². The second-order valence-electron chi connectivity index (χ2n) is 10.2. The van der Waals surface area contributed by atoms with Crippen LogP contribution in [0.1, 0.15) is 6.92 Å². The van der Waals surface area contributed by atoms with Gasteiger partial charge < -0.3 is 10.6 Å². The number of aromatic nitrogens is 3. The lowest BCUT2D eigenvalue weighted by Gasteiger charge is -2.13. The molecule has 1 atom stereocenters. The van der Waals surface area contributed by atoms with E-state index in [0.29, 0.717) is 18.2 Å². The first-order chi connectivity index (χ1) is 24.0. The molecule has 27 heteroatoms. The molecule has 0 saturated carbocycles. The van der Waals surface area contributed by atoms with Gasteiger partial charge in [-0.05, 0) is 79.2 Å². The number of nitrogens with zero attached hydrogens (tertiary/aromatic N) is 7. The summed E-state index contributed by atoms with van der Waals surface area (Å²) in [4.78, 5) is 21.9. The molecule has 52 heavy (non-hydrogen) atoms. The highest BCUT2D eigenvalue weighted by Crippen LogP contribution is 2.32. The zero-order chi connectivity index (χ0) is 38.4. The number of hydrazone groups is 1. The molecule has 1 amide bonds. The topological polar surface area (TPSA) is 338 Å². The van der Waals surface area contributed by atoms with Crippen molar-refractivity contribution in [2.75, 3.05) is 15.6 Å². The Balaban J connectivity index is 1.44. The average molecular weight is 818 g/mol. The summed E-state index contributed by atoms with van der Waals surface area (Å²) >= 11 is 5.99. The molecule has 1 aliphatic rings. The molecule has 1 unspecified atom stereocenters. The molecule has 0 spiro atoms. The Labute approximate surface area is 298 Å². The lowest BCUT2D eigenvalue weighted by molar-refractivity contribution is -0.117. The number of carbonyl (C=O) groups is 1. The number of azo groups is 1. The van der Waals surface area contributed by atoms with Gasteiger partial charge in [0.1, 0.15) is 15.5 Å². The molecular formula is C25H20ClN9O13S4. The van der Waals surface area contributed by atoms with Gasteiger partial charge in [-0.1, -0.05) is 0 Å². The third-order valence-corrected chi connectivity index (χ3v) is 10.3. The first-order valence-electron chi connectivity index (χ1n) is 13.5. The zero-order valence-corrected chi connectivity index (χ0v) is 29.5. The summed E-state index contributed by atoms with van der Waals surface area (Å²) in [6.07, 6.45) is 0. The van der Waals surface area contributed by atoms with E-state index in [4.69, 9.17) is 11.6 Å². The maximum Gasteiger partial charge on any atom is 0.296 e. The summed E-state index contributed by atoms with van der Waals surface area (Å²) in [5, 5.41) is 17.2. The Bertz CT molecular complexity index is 2640. The first kappa shape index (κ1) is 38.2. The van der Waals surface area contributed by atoms with Crippen LogP contribution >= 0.6 is 11.6 Å². The van der Waals surface area contributed by atoms with Gasteiger partial charge in [0.25, 0.3) is 46.4 Å². The molecule has 274 valence electrons. The Morgan fingerprint density at radius 2 is 1.27 bits per heavy atom. The molecule has 1 aliphatic heterocycles. The van der Waals surface area contributed by atoms with Crippen LogP contribution in [0.15, 0.2) is 95.6 Å². The Hall–Kier alpha value is -5.06. The number of nitrogens with one attached hydrogen (secondary N) is 2. The van der Waals surface area contributed by atoms with E-state index < -0.39 is 94.6 Å². The van der Waals surface area contributed by atoms with Gasteiger partial charge in [0.15, 0.2) is 6.04 Å². The molecule has 0 aliphatic carbocycles. The molecular weight excluding hydrogens is 798 g/mol. The van der Waals surface area contributed by atoms with Gasteiger partial charge in [-0.25, -0.2) is 0 Å². The van der Waals surface area contributed by atoms with Crippen molar-refractivity contribution in [1.82, 2.24) is 15.0 Å². The van der Waals surface area contributed by atoms with Crippen molar-refractivity contribution >= 4 is 98.3 Å². The van der Waals surface area contributed by atoms with Gasteiger partial charge in [-0.3, -0.25) is 23.0 Å². The number of hydrogen-bond acceptors (Lipinski definition) is 17. The van der Waals surface area contributed by atoms with Crippen molar-refractivity contribution in [3.05, 3.63) is 65.9 Å². The number of amides is 1. The molecule has 4 aromatic rings. The molecule has 22 nitrogen and oxygen atoms in total. The van der Waals surface area contributed by atoms with Gasteiger partial charge in [-0.2, -0.15) is 69.0 Å². The van der Waals surface area contributed by atoms with Crippen LogP contribution in [0.4, 0.5) is 34.6 Å². The van der Waals surface area contributed by atoms with Crippen LogP contribution in [0.25, 0.3) is 0 Å². The zero-order valence-electron chi connectivity index (χ0n) is 25.5. The maximum atomic E-state index is 13.1. The van der Waals surface area contributed by atoms with Crippen molar-refractivity contribution in [3.8, 4) is 0 Å². The minimum absolute atomic E-state index is 0.0229. The van der Waals surface area contributed by atoms with Crippen molar-refractivity contribution in [1.29, 1.82) is 0 Å². The average Bonchev–Trinajstić information content (AvgIpc) is 3.30. The van der Waals surface area contributed by atoms with Crippen LogP contribution in [0.3, 0.4) is 0 Å². The summed E-state index contributed by atoms with van der Waals surface area (Å²) < 4.78 is 132. The first-order valence-corrected chi connectivity index (χ1v) is 19.7. The van der Waals surface area contributed by atoms with Gasteiger partial charge in [0, 0.05) is 5.69 Å². The van der Waals surface area contributed by atoms with Crippen LogP contribution in [0, 0.1) is 0 Å². The third-order valence-electron chi connectivity index (χ3n) is 6.63. The number of rotatable bonds is 11. The molecule has 0 fully saturated rings. The molecule has 3 aromatic carbocycles. The molecule has 6 N–H and O–H groups in total. The van der Waals surface area contributed by atoms with Crippen LogP contribution < -0.4 is 15.6 Å². The number of halogens is 1. The van der Waals surface area contributed by atoms with Gasteiger partial charge in [-0.15, -0.1) is 0 Å². The highest BCUT2D eigenvalue weighted by atomic mass is 35.5. The summed E-state index contributed by atoms with van der Waals surface area (Å²) in [6, 6.07) is 8.20. The maximum absolute atomic E-state index is 13.1.